The van der Waals surface area contributed by atoms with E-state index in [1.807, 2.05) is 0 Å². The second kappa shape index (κ2) is 9.38. The Morgan fingerprint density at radius 1 is 1.21 bits per heavy atom. The van der Waals surface area contributed by atoms with Crippen LogP contribution in [-0.2, 0) is 9.53 Å². The first-order valence-corrected chi connectivity index (χ1v) is 6.04. The van der Waals surface area contributed by atoms with Crippen molar-refractivity contribution in [2.45, 2.75) is 57.6 Å². The van der Waals surface area contributed by atoms with E-state index in [-0.39, 0.29) is 11.2 Å². The van der Waals surface area contributed by atoms with Gasteiger partial charge in [-0.3, -0.25) is 4.79 Å². The molecule has 3 heteroatoms. The number of rotatable bonds is 8. The Morgan fingerprint density at radius 3 is 2.36 bits per heavy atom. The summed E-state index contributed by atoms with van der Waals surface area (Å²) in [4.78, 5) is 11.0. The number of esters is 1. The second-order valence-corrected chi connectivity index (χ2v) is 4.39. The molecule has 0 aliphatic carbocycles. The molecular formula is C11H22O2S. The second-order valence-electron chi connectivity index (χ2n) is 3.61. The van der Waals surface area contributed by atoms with Crippen LogP contribution in [0.1, 0.15) is 52.4 Å². The number of ether oxygens (including phenoxy) is 1. The van der Waals surface area contributed by atoms with Crippen molar-refractivity contribution in [2.75, 3.05) is 6.61 Å². The number of thiol groups is 1. The van der Waals surface area contributed by atoms with Crippen molar-refractivity contribution in [1.29, 1.82) is 0 Å². The van der Waals surface area contributed by atoms with Crippen molar-refractivity contribution in [2.24, 2.45) is 0 Å². The third-order valence-electron chi connectivity index (χ3n) is 2.08. The summed E-state index contributed by atoms with van der Waals surface area (Å²) in [6.45, 7) is 4.48. The minimum atomic E-state index is -0.296. The van der Waals surface area contributed by atoms with Crippen LogP contribution in [0.15, 0.2) is 0 Å². The zero-order chi connectivity index (χ0) is 10.8. The average molecular weight is 218 g/mol. The fourth-order valence-corrected chi connectivity index (χ4v) is 1.25. The van der Waals surface area contributed by atoms with E-state index in [0.717, 1.165) is 12.8 Å². The molecule has 14 heavy (non-hydrogen) atoms. The highest BCUT2D eigenvalue weighted by Gasteiger charge is 2.07. The standard InChI is InChI=1S/C11H22O2S/c1-3-4-5-6-7-8-9-13-11(12)10(2)14/h10,14H,3-9H2,1-2H3. The largest absolute Gasteiger partial charge is 0.465 e. The van der Waals surface area contributed by atoms with Gasteiger partial charge in [0.2, 0.25) is 0 Å². The molecule has 0 fully saturated rings. The number of unbranched alkanes of at least 4 members (excludes halogenated alkanes) is 5. The molecule has 0 bridgehead atoms. The first-order valence-electron chi connectivity index (χ1n) is 5.53. The first kappa shape index (κ1) is 13.8. The van der Waals surface area contributed by atoms with E-state index in [1.165, 1.54) is 25.7 Å². The quantitative estimate of drug-likeness (QED) is 0.385. The lowest BCUT2D eigenvalue weighted by Gasteiger charge is -2.06. The van der Waals surface area contributed by atoms with Gasteiger partial charge in [-0.25, -0.2) is 0 Å². The van der Waals surface area contributed by atoms with Crippen LogP contribution in [0.25, 0.3) is 0 Å². The Morgan fingerprint density at radius 2 is 1.79 bits per heavy atom. The van der Waals surface area contributed by atoms with Gasteiger partial charge >= 0.3 is 5.97 Å². The smallest absolute Gasteiger partial charge is 0.318 e. The van der Waals surface area contributed by atoms with Crippen molar-refractivity contribution < 1.29 is 9.53 Å². The van der Waals surface area contributed by atoms with Gasteiger partial charge in [-0.15, -0.1) is 0 Å². The Hall–Kier alpha value is -0.180. The number of hydrogen-bond acceptors (Lipinski definition) is 3. The average Bonchev–Trinajstić information content (AvgIpc) is 2.16. The number of carbonyl (C=O) groups is 1. The summed E-state index contributed by atoms with van der Waals surface area (Å²) in [5.41, 5.74) is 0. The van der Waals surface area contributed by atoms with Crippen LogP contribution in [0.5, 0.6) is 0 Å². The molecule has 0 radical (unpaired) electrons. The lowest BCUT2D eigenvalue weighted by atomic mass is 10.1. The molecule has 84 valence electrons. The highest BCUT2D eigenvalue weighted by atomic mass is 32.1. The molecule has 0 aromatic heterocycles. The fraction of sp³-hybridized carbons (Fsp3) is 0.909. The monoisotopic (exact) mass is 218 g/mol. The Labute approximate surface area is 92.8 Å². The molecule has 0 saturated heterocycles. The molecule has 0 amide bonds. The van der Waals surface area contributed by atoms with Crippen LogP contribution in [0.3, 0.4) is 0 Å². The van der Waals surface area contributed by atoms with Gasteiger partial charge < -0.3 is 4.74 Å². The maximum absolute atomic E-state index is 11.0. The molecule has 0 aromatic carbocycles. The molecule has 1 atom stereocenters. The van der Waals surface area contributed by atoms with Crippen LogP contribution in [0.4, 0.5) is 0 Å². The third-order valence-corrected chi connectivity index (χ3v) is 2.29. The van der Waals surface area contributed by atoms with Crippen molar-refractivity contribution in [3.8, 4) is 0 Å². The molecule has 2 nitrogen and oxygen atoms in total. The van der Waals surface area contributed by atoms with Gasteiger partial charge in [0.1, 0.15) is 0 Å². The lowest BCUT2D eigenvalue weighted by molar-refractivity contribution is -0.142. The fourth-order valence-electron chi connectivity index (χ4n) is 1.18. The van der Waals surface area contributed by atoms with Crippen LogP contribution in [0, 0.1) is 0 Å². The zero-order valence-corrected chi connectivity index (χ0v) is 10.2. The van der Waals surface area contributed by atoms with E-state index in [9.17, 15) is 4.79 Å². The third kappa shape index (κ3) is 8.42. The van der Waals surface area contributed by atoms with Gasteiger partial charge in [0.25, 0.3) is 0 Å². The molecule has 0 aliphatic heterocycles. The summed E-state index contributed by atoms with van der Waals surface area (Å²) in [5.74, 6) is -0.207. The van der Waals surface area contributed by atoms with Crippen LogP contribution in [-0.4, -0.2) is 17.8 Å². The molecule has 0 N–H and O–H groups in total. The summed E-state index contributed by atoms with van der Waals surface area (Å²) in [7, 11) is 0. The predicted octanol–water partition coefficient (Wildman–Crippen LogP) is 3.21. The molecule has 0 saturated carbocycles. The highest BCUT2D eigenvalue weighted by Crippen LogP contribution is 2.05. The molecule has 1 unspecified atom stereocenters. The van der Waals surface area contributed by atoms with Gasteiger partial charge in [0.15, 0.2) is 0 Å². The molecule has 0 rings (SSSR count). The predicted molar refractivity (Wildman–Crippen MR) is 62.8 cm³/mol. The number of hydrogen-bond donors (Lipinski definition) is 1. The van der Waals surface area contributed by atoms with Crippen molar-refractivity contribution in [1.82, 2.24) is 0 Å². The summed E-state index contributed by atoms with van der Waals surface area (Å²) in [6, 6.07) is 0. The van der Waals surface area contributed by atoms with E-state index in [0.29, 0.717) is 6.61 Å². The van der Waals surface area contributed by atoms with Crippen LogP contribution >= 0.6 is 12.6 Å². The van der Waals surface area contributed by atoms with Gasteiger partial charge in [-0.05, 0) is 13.3 Å². The molecule has 0 heterocycles. The van der Waals surface area contributed by atoms with Crippen LogP contribution < -0.4 is 0 Å². The number of carbonyl (C=O) groups excluding carboxylic acids is 1. The first-order chi connectivity index (χ1) is 6.68. The summed E-state index contributed by atoms with van der Waals surface area (Å²) in [5, 5.41) is -0.296. The summed E-state index contributed by atoms with van der Waals surface area (Å²) >= 11 is 3.99. The normalized spacial score (nSPS) is 12.5. The van der Waals surface area contributed by atoms with Crippen LogP contribution in [0.2, 0.25) is 0 Å². The van der Waals surface area contributed by atoms with E-state index in [1.54, 1.807) is 6.92 Å². The molecule has 0 aliphatic rings. The maximum Gasteiger partial charge on any atom is 0.318 e. The summed E-state index contributed by atoms with van der Waals surface area (Å²) in [6.07, 6.45) is 7.28. The Kier molecular flexibility index (Phi) is 9.26. The van der Waals surface area contributed by atoms with Gasteiger partial charge in [-0.1, -0.05) is 39.0 Å². The Balaban J connectivity index is 3.10. The molecule has 0 aromatic rings. The molecular weight excluding hydrogens is 196 g/mol. The van der Waals surface area contributed by atoms with Crippen molar-refractivity contribution in [3.63, 3.8) is 0 Å². The lowest BCUT2D eigenvalue weighted by Crippen LogP contribution is -2.15. The van der Waals surface area contributed by atoms with Gasteiger partial charge in [0.05, 0.1) is 11.9 Å². The maximum atomic E-state index is 11.0. The topological polar surface area (TPSA) is 26.3 Å². The van der Waals surface area contributed by atoms with E-state index < -0.39 is 0 Å². The zero-order valence-electron chi connectivity index (χ0n) is 9.29. The van der Waals surface area contributed by atoms with E-state index in [2.05, 4.69) is 19.6 Å². The van der Waals surface area contributed by atoms with Crippen molar-refractivity contribution in [3.05, 3.63) is 0 Å². The van der Waals surface area contributed by atoms with E-state index >= 15 is 0 Å². The van der Waals surface area contributed by atoms with E-state index in [4.69, 9.17) is 4.74 Å². The minimum Gasteiger partial charge on any atom is -0.465 e. The molecule has 0 spiro atoms. The highest BCUT2D eigenvalue weighted by molar-refractivity contribution is 7.81. The SMILES string of the molecule is CCCCCCCCOC(=O)C(C)S. The Bertz CT molecular complexity index is 146. The summed E-state index contributed by atoms with van der Waals surface area (Å²) < 4.78 is 4.99. The van der Waals surface area contributed by atoms with Gasteiger partial charge in [0, 0.05) is 0 Å². The minimum absolute atomic E-state index is 0.207. The van der Waals surface area contributed by atoms with Gasteiger partial charge in [-0.2, -0.15) is 12.6 Å². The van der Waals surface area contributed by atoms with Crippen molar-refractivity contribution >= 4 is 18.6 Å².